The molecular formula is C16H20ClN7O. The number of nitrogens with one attached hydrogen (secondary N) is 2. The molecule has 0 unspecified atom stereocenters. The second-order valence-electron chi connectivity index (χ2n) is 5.47. The van der Waals surface area contributed by atoms with E-state index >= 15 is 0 Å². The van der Waals surface area contributed by atoms with Gasteiger partial charge in [-0.15, -0.1) is 0 Å². The smallest absolute Gasteiger partial charge is 0.226 e. The van der Waals surface area contributed by atoms with E-state index in [1.54, 1.807) is 24.1 Å². The van der Waals surface area contributed by atoms with Crippen molar-refractivity contribution in [2.24, 2.45) is 12.8 Å². The summed E-state index contributed by atoms with van der Waals surface area (Å²) in [6, 6.07) is 5.57. The summed E-state index contributed by atoms with van der Waals surface area (Å²) in [4.78, 5) is 9.00. The summed E-state index contributed by atoms with van der Waals surface area (Å²) in [7, 11) is 3.45. The van der Waals surface area contributed by atoms with E-state index in [9.17, 15) is 0 Å². The number of hydrogen-bond acceptors (Lipinski definition) is 7. The van der Waals surface area contributed by atoms with Crippen molar-refractivity contribution in [2.75, 3.05) is 30.8 Å². The van der Waals surface area contributed by atoms with Gasteiger partial charge in [-0.3, -0.25) is 4.68 Å². The SMILES string of the molecule is COc1cc(Cl)cc(CNc2nc(NCCN)nc3c2cnn3C)c1. The van der Waals surface area contributed by atoms with E-state index in [1.165, 1.54) is 0 Å². The number of nitrogens with zero attached hydrogens (tertiary/aromatic N) is 4. The van der Waals surface area contributed by atoms with E-state index in [0.717, 1.165) is 16.6 Å². The molecule has 2 aromatic heterocycles. The molecule has 3 rings (SSSR count). The molecule has 0 spiro atoms. The van der Waals surface area contributed by atoms with Crippen LogP contribution in [0.4, 0.5) is 11.8 Å². The van der Waals surface area contributed by atoms with Crippen LogP contribution in [0.15, 0.2) is 24.4 Å². The normalized spacial score (nSPS) is 10.9. The second-order valence-corrected chi connectivity index (χ2v) is 5.91. The summed E-state index contributed by atoms with van der Waals surface area (Å²) in [6.07, 6.45) is 1.74. The van der Waals surface area contributed by atoms with E-state index in [-0.39, 0.29) is 0 Å². The molecule has 3 aromatic rings. The van der Waals surface area contributed by atoms with Gasteiger partial charge in [0.25, 0.3) is 0 Å². The first kappa shape index (κ1) is 17.2. The predicted octanol–water partition coefficient (Wildman–Crippen LogP) is 2.01. The van der Waals surface area contributed by atoms with Gasteiger partial charge in [-0.2, -0.15) is 15.1 Å². The van der Waals surface area contributed by atoms with Crippen LogP contribution in [0.2, 0.25) is 5.02 Å². The number of fused-ring (bicyclic) bond motifs is 1. The highest BCUT2D eigenvalue weighted by Crippen LogP contribution is 2.24. The molecule has 1 aromatic carbocycles. The maximum Gasteiger partial charge on any atom is 0.226 e. The molecule has 9 heteroatoms. The Balaban J connectivity index is 1.88. The Kier molecular flexibility index (Phi) is 5.20. The summed E-state index contributed by atoms with van der Waals surface area (Å²) < 4.78 is 6.96. The Morgan fingerprint density at radius 2 is 2.08 bits per heavy atom. The molecule has 0 amide bonds. The third kappa shape index (κ3) is 3.92. The second kappa shape index (κ2) is 7.54. The summed E-state index contributed by atoms with van der Waals surface area (Å²) >= 11 is 6.12. The van der Waals surface area contributed by atoms with E-state index in [2.05, 4.69) is 25.7 Å². The number of nitrogens with two attached hydrogens (primary N) is 1. The van der Waals surface area contributed by atoms with Crippen LogP contribution in [0, 0.1) is 0 Å². The first-order valence-corrected chi connectivity index (χ1v) is 8.19. The highest BCUT2D eigenvalue weighted by Gasteiger charge is 2.11. The summed E-state index contributed by atoms with van der Waals surface area (Å²) in [5, 5.41) is 12.1. The van der Waals surface area contributed by atoms with E-state index in [4.69, 9.17) is 22.1 Å². The van der Waals surface area contributed by atoms with Gasteiger partial charge in [-0.1, -0.05) is 11.6 Å². The molecule has 0 bridgehead atoms. The molecule has 0 aliphatic rings. The van der Waals surface area contributed by atoms with Crippen LogP contribution in [-0.4, -0.2) is 39.9 Å². The van der Waals surface area contributed by atoms with Gasteiger partial charge in [0, 0.05) is 31.7 Å². The van der Waals surface area contributed by atoms with Gasteiger partial charge < -0.3 is 21.1 Å². The van der Waals surface area contributed by atoms with Crippen LogP contribution in [-0.2, 0) is 13.6 Å². The van der Waals surface area contributed by atoms with Crippen LogP contribution in [0.5, 0.6) is 5.75 Å². The lowest BCUT2D eigenvalue weighted by Gasteiger charge is -2.11. The molecule has 8 nitrogen and oxygen atoms in total. The molecule has 2 heterocycles. The minimum Gasteiger partial charge on any atom is -0.497 e. The molecule has 0 saturated heterocycles. The number of benzene rings is 1. The van der Waals surface area contributed by atoms with E-state index in [1.807, 2.05) is 19.2 Å². The predicted molar refractivity (Wildman–Crippen MR) is 99.2 cm³/mol. The lowest BCUT2D eigenvalue weighted by atomic mass is 10.2. The lowest BCUT2D eigenvalue weighted by molar-refractivity contribution is 0.414. The molecule has 0 radical (unpaired) electrons. The minimum atomic E-state index is 0.498. The van der Waals surface area contributed by atoms with E-state index < -0.39 is 0 Å². The van der Waals surface area contributed by atoms with Crippen LogP contribution in [0.1, 0.15) is 5.56 Å². The Bertz CT molecular complexity index is 880. The fourth-order valence-corrected chi connectivity index (χ4v) is 2.69. The van der Waals surface area contributed by atoms with Gasteiger partial charge in [-0.25, -0.2) is 0 Å². The van der Waals surface area contributed by atoms with Crippen molar-refractivity contribution >= 4 is 34.4 Å². The number of methoxy groups -OCH3 is 1. The maximum atomic E-state index is 6.12. The largest absolute Gasteiger partial charge is 0.497 e. The van der Waals surface area contributed by atoms with Gasteiger partial charge in [-0.05, 0) is 23.8 Å². The molecule has 132 valence electrons. The zero-order valence-electron chi connectivity index (χ0n) is 14.1. The van der Waals surface area contributed by atoms with Gasteiger partial charge in [0.05, 0.1) is 18.7 Å². The van der Waals surface area contributed by atoms with Gasteiger partial charge in [0.15, 0.2) is 5.65 Å². The van der Waals surface area contributed by atoms with Crippen molar-refractivity contribution < 1.29 is 4.74 Å². The summed E-state index contributed by atoms with van der Waals surface area (Å²) in [5.74, 6) is 1.91. The number of rotatable bonds is 7. The fourth-order valence-electron chi connectivity index (χ4n) is 2.45. The number of hydrogen-bond donors (Lipinski definition) is 3. The Hall–Kier alpha value is -2.58. The molecular weight excluding hydrogens is 342 g/mol. The van der Waals surface area contributed by atoms with E-state index in [0.29, 0.717) is 42.2 Å². The Labute approximate surface area is 150 Å². The fraction of sp³-hybridized carbons (Fsp3) is 0.312. The molecule has 0 atom stereocenters. The van der Waals surface area contributed by atoms with Crippen LogP contribution in [0.3, 0.4) is 0 Å². The van der Waals surface area contributed by atoms with Gasteiger partial charge in [0.1, 0.15) is 11.6 Å². The van der Waals surface area contributed by atoms with Crippen molar-refractivity contribution in [1.82, 2.24) is 19.7 Å². The standard InChI is InChI=1S/C16H20ClN7O/c1-24-15-13(9-21-24)14(22-16(23-15)19-4-3-18)20-8-10-5-11(17)7-12(6-10)25-2/h5-7,9H,3-4,8,18H2,1-2H3,(H2,19,20,22,23). The van der Waals surface area contributed by atoms with Crippen LogP contribution >= 0.6 is 11.6 Å². The van der Waals surface area contributed by atoms with Gasteiger partial charge >= 0.3 is 0 Å². The first-order chi connectivity index (χ1) is 12.1. The van der Waals surface area contributed by atoms with Crippen molar-refractivity contribution in [3.05, 3.63) is 35.0 Å². The number of halogens is 1. The van der Waals surface area contributed by atoms with Gasteiger partial charge in [0.2, 0.25) is 5.95 Å². The average molecular weight is 362 g/mol. The third-order valence-electron chi connectivity index (χ3n) is 3.65. The third-order valence-corrected chi connectivity index (χ3v) is 3.86. The first-order valence-electron chi connectivity index (χ1n) is 7.81. The number of aromatic nitrogens is 4. The summed E-state index contributed by atoms with van der Waals surface area (Å²) in [6.45, 7) is 1.63. The van der Waals surface area contributed by atoms with Crippen molar-refractivity contribution in [2.45, 2.75) is 6.54 Å². The maximum absolute atomic E-state index is 6.12. The highest BCUT2D eigenvalue weighted by atomic mass is 35.5. The summed E-state index contributed by atoms with van der Waals surface area (Å²) in [5.41, 5.74) is 7.26. The number of ether oxygens (including phenoxy) is 1. The zero-order chi connectivity index (χ0) is 17.8. The topological polar surface area (TPSA) is 103 Å². The molecule has 25 heavy (non-hydrogen) atoms. The molecule has 0 aliphatic carbocycles. The molecule has 0 fully saturated rings. The van der Waals surface area contributed by atoms with Crippen LogP contribution in [0.25, 0.3) is 11.0 Å². The van der Waals surface area contributed by atoms with Crippen molar-refractivity contribution in [1.29, 1.82) is 0 Å². The van der Waals surface area contributed by atoms with Crippen molar-refractivity contribution in [3.63, 3.8) is 0 Å². The molecule has 0 aliphatic heterocycles. The Morgan fingerprint density at radius 3 is 2.84 bits per heavy atom. The highest BCUT2D eigenvalue weighted by molar-refractivity contribution is 6.30. The monoisotopic (exact) mass is 361 g/mol. The van der Waals surface area contributed by atoms with Crippen LogP contribution < -0.4 is 21.1 Å². The number of aryl methyl sites for hydroxylation is 1. The zero-order valence-corrected chi connectivity index (χ0v) is 14.8. The Morgan fingerprint density at radius 1 is 1.24 bits per heavy atom. The molecule has 4 N–H and O–H groups in total. The quantitative estimate of drug-likeness (QED) is 0.591. The lowest BCUT2D eigenvalue weighted by Crippen LogP contribution is -2.15. The molecule has 0 saturated carbocycles. The average Bonchev–Trinajstić information content (AvgIpc) is 2.98. The number of anilines is 2. The minimum absolute atomic E-state index is 0.498. The van der Waals surface area contributed by atoms with Crippen molar-refractivity contribution in [3.8, 4) is 5.75 Å².